The van der Waals surface area contributed by atoms with Gasteiger partial charge in [-0.05, 0) is 42.7 Å². The van der Waals surface area contributed by atoms with E-state index in [4.69, 9.17) is 0 Å². The molecule has 0 radical (unpaired) electrons. The standard InChI is InChI=1S/C19H18OS/c1-14-8-13-18(21-14)19(2,20)17-11-9-16(10-12-17)15-6-4-3-5-7-15/h3-13,20H,1-2H3. The third-order valence-corrected chi connectivity index (χ3v) is 4.99. The van der Waals surface area contributed by atoms with Crippen LogP contribution in [0.4, 0.5) is 0 Å². The lowest BCUT2D eigenvalue weighted by Gasteiger charge is -2.22. The van der Waals surface area contributed by atoms with Crippen LogP contribution >= 0.6 is 11.3 Å². The summed E-state index contributed by atoms with van der Waals surface area (Å²) in [6.07, 6.45) is 0. The SMILES string of the molecule is Cc1ccc(C(C)(O)c2ccc(-c3ccccc3)cc2)s1. The number of hydrogen-bond donors (Lipinski definition) is 1. The van der Waals surface area contributed by atoms with Gasteiger partial charge in [0.05, 0.1) is 0 Å². The quantitative estimate of drug-likeness (QED) is 0.722. The average molecular weight is 294 g/mol. The fourth-order valence-electron chi connectivity index (χ4n) is 2.46. The van der Waals surface area contributed by atoms with Crippen molar-refractivity contribution in [1.29, 1.82) is 0 Å². The first-order chi connectivity index (χ1) is 10.1. The normalized spacial score (nSPS) is 13.9. The van der Waals surface area contributed by atoms with Gasteiger partial charge < -0.3 is 5.11 Å². The molecule has 1 heterocycles. The highest BCUT2D eigenvalue weighted by atomic mass is 32.1. The minimum atomic E-state index is -0.936. The highest BCUT2D eigenvalue weighted by molar-refractivity contribution is 7.12. The van der Waals surface area contributed by atoms with Crippen molar-refractivity contribution in [3.8, 4) is 11.1 Å². The molecule has 0 saturated heterocycles. The van der Waals surface area contributed by atoms with Crippen molar-refractivity contribution >= 4 is 11.3 Å². The van der Waals surface area contributed by atoms with Crippen LogP contribution in [0.25, 0.3) is 11.1 Å². The summed E-state index contributed by atoms with van der Waals surface area (Å²) in [6, 6.07) is 22.5. The molecular formula is C19H18OS. The van der Waals surface area contributed by atoms with Gasteiger partial charge in [0.1, 0.15) is 5.60 Å². The molecule has 0 aliphatic rings. The van der Waals surface area contributed by atoms with Crippen molar-refractivity contribution in [1.82, 2.24) is 0 Å². The van der Waals surface area contributed by atoms with E-state index in [-0.39, 0.29) is 0 Å². The molecule has 106 valence electrons. The van der Waals surface area contributed by atoms with E-state index in [9.17, 15) is 5.11 Å². The molecule has 1 aromatic heterocycles. The summed E-state index contributed by atoms with van der Waals surface area (Å²) in [5.74, 6) is 0. The monoisotopic (exact) mass is 294 g/mol. The van der Waals surface area contributed by atoms with E-state index < -0.39 is 5.60 Å². The van der Waals surface area contributed by atoms with Crippen LogP contribution in [0.1, 0.15) is 22.2 Å². The lowest BCUT2D eigenvalue weighted by molar-refractivity contribution is 0.106. The zero-order valence-electron chi connectivity index (χ0n) is 12.2. The molecular weight excluding hydrogens is 276 g/mol. The second-order valence-corrected chi connectivity index (χ2v) is 6.71. The van der Waals surface area contributed by atoms with Gasteiger partial charge in [0.25, 0.3) is 0 Å². The van der Waals surface area contributed by atoms with Crippen molar-refractivity contribution in [2.45, 2.75) is 19.4 Å². The molecule has 0 aliphatic carbocycles. The predicted molar refractivity (Wildman–Crippen MR) is 89.6 cm³/mol. The number of aliphatic hydroxyl groups is 1. The summed E-state index contributed by atoms with van der Waals surface area (Å²) in [7, 11) is 0. The van der Waals surface area contributed by atoms with Crippen LogP contribution in [0.15, 0.2) is 66.7 Å². The van der Waals surface area contributed by atoms with E-state index in [0.717, 1.165) is 16.0 Å². The zero-order chi connectivity index (χ0) is 14.9. The molecule has 21 heavy (non-hydrogen) atoms. The Morgan fingerprint density at radius 2 is 1.43 bits per heavy atom. The molecule has 1 unspecified atom stereocenters. The second-order valence-electron chi connectivity index (χ2n) is 5.43. The number of aryl methyl sites for hydroxylation is 1. The van der Waals surface area contributed by atoms with Crippen molar-refractivity contribution < 1.29 is 5.11 Å². The summed E-state index contributed by atoms with van der Waals surface area (Å²) in [4.78, 5) is 2.19. The smallest absolute Gasteiger partial charge is 0.121 e. The van der Waals surface area contributed by atoms with E-state index in [2.05, 4.69) is 31.2 Å². The van der Waals surface area contributed by atoms with Crippen LogP contribution in [0.3, 0.4) is 0 Å². The molecule has 0 amide bonds. The highest BCUT2D eigenvalue weighted by Gasteiger charge is 2.27. The molecule has 0 bridgehead atoms. The first kappa shape index (κ1) is 14.1. The lowest BCUT2D eigenvalue weighted by atomic mass is 9.92. The van der Waals surface area contributed by atoms with E-state index in [0.29, 0.717) is 0 Å². The van der Waals surface area contributed by atoms with Crippen LogP contribution in [0, 0.1) is 6.92 Å². The summed E-state index contributed by atoms with van der Waals surface area (Å²) in [6.45, 7) is 3.92. The van der Waals surface area contributed by atoms with Crippen molar-refractivity contribution in [2.24, 2.45) is 0 Å². The molecule has 1 N–H and O–H groups in total. The van der Waals surface area contributed by atoms with Gasteiger partial charge in [-0.2, -0.15) is 0 Å². The largest absolute Gasteiger partial charge is 0.380 e. The molecule has 3 aromatic rings. The van der Waals surface area contributed by atoms with Gasteiger partial charge >= 0.3 is 0 Å². The fourth-order valence-corrected chi connectivity index (χ4v) is 3.39. The third-order valence-electron chi connectivity index (χ3n) is 3.77. The third kappa shape index (κ3) is 2.78. The number of hydrogen-bond acceptors (Lipinski definition) is 2. The van der Waals surface area contributed by atoms with E-state index in [1.54, 1.807) is 11.3 Å². The first-order valence-electron chi connectivity index (χ1n) is 7.02. The Labute approximate surface area is 129 Å². The topological polar surface area (TPSA) is 20.2 Å². The van der Waals surface area contributed by atoms with Crippen LogP contribution in [-0.2, 0) is 5.60 Å². The highest BCUT2D eigenvalue weighted by Crippen LogP contribution is 2.34. The van der Waals surface area contributed by atoms with Gasteiger partial charge in [-0.25, -0.2) is 0 Å². The Balaban J connectivity index is 1.94. The maximum Gasteiger partial charge on any atom is 0.121 e. The minimum absolute atomic E-state index is 0.920. The Bertz CT molecular complexity index is 724. The molecule has 3 rings (SSSR count). The maximum absolute atomic E-state index is 10.8. The number of thiophene rings is 1. The Morgan fingerprint density at radius 1 is 0.810 bits per heavy atom. The summed E-state index contributed by atoms with van der Waals surface area (Å²) >= 11 is 1.64. The Hall–Kier alpha value is -1.90. The molecule has 2 aromatic carbocycles. The van der Waals surface area contributed by atoms with Crippen molar-refractivity contribution in [3.05, 3.63) is 82.0 Å². The van der Waals surface area contributed by atoms with Gasteiger partial charge in [0.2, 0.25) is 0 Å². The Kier molecular flexibility index (Phi) is 3.66. The molecule has 1 nitrogen and oxygen atoms in total. The minimum Gasteiger partial charge on any atom is -0.380 e. The van der Waals surface area contributed by atoms with Crippen LogP contribution in [0.2, 0.25) is 0 Å². The number of rotatable bonds is 3. The summed E-state index contributed by atoms with van der Waals surface area (Å²) < 4.78 is 0. The molecule has 0 spiro atoms. The average Bonchev–Trinajstić information content (AvgIpc) is 2.96. The van der Waals surface area contributed by atoms with Gasteiger partial charge in [0.15, 0.2) is 0 Å². The maximum atomic E-state index is 10.8. The van der Waals surface area contributed by atoms with Gasteiger partial charge in [-0.1, -0.05) is 54.6 Å². The van der Waals surface area contributed by atoms with Gasteiger partial charge in [-0.15, -0.1) is 11.3 Å². The number of benzene rings is 2. The van der Waals surface area contributed by atoms with E-state index in [1.807, 2.05) is 49.4 Å². The molecule has 0 fully saturated rings. The molecule has 1 atom stereocenters. The predicted octanol–water partition coefficient (Wildman–Crippen LogP) is 4.98. The van der Waals surface area contributed by atoms with Gasteiger partial charge in [-0.3, -0.25) is 0 Å². The van der Waals surface area contributed by atoms with Crippen LogP contribution in [-0.4, -0.2) is 5.11 Å². The van der Waals surface area contributed by atoms with Crippen LogP contribution < -0.4 is 0 Å². The fraction of sp³-hybridized carbons (Fsp3) is 0.158. The molecule has 2 heteroatoms. The van der Waals surface area contributed by atoms with Crippen molar-refractivity contribution in [3.63, 3.8) is 0 Å². The van der Waals surface area contributed by atoms with Crippen LogP contribution in [0.5, 0.6) is 0 Å². The second kappa shape index (κ2) is 5.47. The van der Waals surface area contributed by atoms with Gasteiger partial charge in [0, 0.05) is 9.75 Å². The summed E-state index contributed by atoms with van der Waals surface area (Å²) in [5, 5.41) is 10.8. The van der Waals surface area contributed by atoms with Crippen molar-refractivity contribution in [2.75, 3.05) is 0 Å². The lowest BCUT2D eigenvalue weighted by Crippen LogP contribution is -2.21. The molecule has 0 saturated carbocycles. The first-order valence-corrected chi connectivity index (χ1v) is 7.84. The summed E-state index contributed by atoms with van der Waals surface area (Å²) in [5.41, 5.74) is 2.34. The molecule has 0 aliphatic heterocycles. The van der Waals surface area contributed by atoms with E-state index in [1.165, 1.54) is 10.4 Å². The Morgan fingerprint density at radius 3 is 2.00 bits per heavy atom. The zero-order valence-corrected chi connectivity index (χ0v) is 13.0. The van der Waals surface area contributed by atoms with E-state index >= 15 is 0 Å².